The number of halogens is 1. The zero-order valence-electron chi connectivity index (χ0n) is 25.7. The van der Waals surface area contributed by atoms with Crippen molar-refractivity contribution in [1.29, 1.82) is 0 Å². The number of carbonyl (C=O) groups excluding carboxylic acids is 3. The highest BCUT2D eigenvalue weighted by molar-refractivity contribution is 9.10. The van der Waals surface area contributed by atoms with Gasteiger partial charge in [0, 0.05) is 36.2 Å². The van der Waals surface area contributed by atoms with Gasteiger partial charge in [0.2, 0.25) is 11.8 Å². The Morgan fingerprint density at radius 3 is 2.47 bits per heavy atom. The summed E-state index contributed by atoms with van der Waals surface area (Å²) in [5.41, 5.74) is 1.81. The fourth-order valence-corrected chi connectivity index (χ4v) is 6.42. The molecule has 2 N–H and O–H groups in total. The number of methoxy groups -OCH3 is 1. The van der Waals surface area contributed by atoms with E-state index in [2.05, 4.69) is 21.2 Å². The first-order valence-corrected chi connectivity index (χ1v) is 15.6. The Kier molecular flexibility index (Phi) is 9.64. The molecule has 2 heterocycles. The lowest BCUT2D eigenvalue weighted by atomic mass is 9.96. The molecule has 2 aliphatic rings. The van der Waals surface area contributed by atoms with Crippen molar-refractivity contribution in [3.8, 4) is 5.75 Å². The highest BCUT2D eigenvalue weighted by atomic mass is 79.9. The maximum Gasteiger partial charge on any atom is 0.407 e. The molecular weight excluding hydrogens is 644 g/mol. The zero-order chi connectivity index (χ0) is 32.4. The maximum absolute atomic E-state index is 14.7. The molecule has 3 aromatic carbocycles. The van der Waals surface area contributed by atoms with Crippen LogP contribution >= 0.6 is 15.9 Å². The standard InChI is InChI=1S/C33H37BrN4O7/c1-19-29(35-30(39)20(2)36(3)33(42)43)32(41)37(18-25-24-11-10-23(34)17-22(24)9-12-28(25)44-4)26-7-5-6-8-27(26)38(19)31(40)21-13-15-45-16-14-21/h5-12,17,19-21,29H,13-16,18H2,1-4H3,(H,35,39)(H,42,43)/t19-,20-,29-/m0/s1. The number of benzene rings is 3. The van der Waals surface area contributed by atoms with Crippen molar-refractivity contribution in [2.24, 2.45) is 5.92 Å². The molecule has 2 aliphatic heterocycles. The Morgan fingerprint density at radius 1 is 1.11 bits per heavy atom. The maximum atomic E-state index is 14.7. The Bertz CT molecular complexity index is 1630. The van der Waals surface area contributed by atoms with Gasteiger partial charge in [-0.05, 0) is 67.8 Å². The molecule has 45 heavy (non-hydrogen) atoms. The lowest BCUT2D eigenvalue weighted by Crippen LogP contribution is -2.60. The first-order valence-electron chi connectivity index (χ1n) is 14.9. The number of nitrogens with one attached hydrogen (secondary N) is 1. The van der Waals surface area contributed by atoms with Gasteiger partial charge in [-0.15, -0.1) is 0 Å². The fraction of sp³-hybridized carbons (Fsp3) is 0.394. The number of rotatable bonds is 7. The molecule has 238 valence electrons. The highest BCUT2D eigenvalue weighted by Gasteiger charge is 2.44. The number of anilines is 2. The van der Waals surface area contributed by atoms with Crippen LogP contribution < -0.4 is 19.9 Å². The van der Waals surface area contributed by atoms with Gasteiger partial charge in [-0.25, -0.2) is 4.79 Å². The molecule has 11 nitrogen and oxygen atoms in total. The van der Waals surface area contributed by atoms with E-state index in [4.69, 9.17) is 9.47 Å². The number of para-hydroxylation sites is 2. The third-order valence-electron chi connectivity index (χ3n) is 8.81. The highest BCUT2D eigenvalue weighted by Crippen LogP contribution is 2.40. The molecule has 1 saturated heterocycles. The van der Waals surface area contributed by atoms with E-state index >= 15 is 0 Å². The normalized spacial score (nSPS) is 19.4. The number of fused-ring (bicyclic) bond motifs is 2. The molecule has 3 atom stereocenters. The summed E-state index contributed by atoms with van der Waals surface area (Å²) in [5, 5.41) is 14.1. The number of nitrogens with zero attached hydrogens (tertiary/aromatic N) is 3. The Morgan fingerprint density at radius 2 is 1.80 bits per heavy atom. The van der Waals surface area contributed by atoms with Crippen molar-refractivity contribution in [2.75, 3.05) is 37.2 Å². The van der Waals surface area contributed by atoms with Crippen molar-refractivity contribution in [2.45, 2.75) is 51.4 Å². The molecule has 4 amide bonds. The molecule has 0 bridgehead atoms. The van der Waals surface area contributed by atoms with E-state index in [0.29, 0.717) is 43.2 Å². The summed E-state index contributed by atoms with van der Waals surface area (Å²) in [7, 11) is 2.86. The minimum atomic E-state index is -1.28. The summed E-state index contributed by atoms with van der Waals surface area (Å²) in [6, 6.07) is 13.8. The largest absolute Gasteiger partial charge is 0.496 e. The average Bonchev–Trinajstić information content (AvgIpc) is 3.12. The van der Waals surface area contributed by atoms with Gasteiger partial charge in [0.15, 0.2) is 0 Å². The SMILES string of the molecule is COc1ccc2cc(Br)ccc2c1CN1C(=O)[C@@H](NC(=O)[C@H](C)N(C)C(=O)O)[C@H](C)N(C(=O)C2CCOCC2)c2ccccc21. The van der Waals surface area contributed by atoms with Crippen molar-refractivity contribution < 1.29 is 33.8 Å². The number of ether oxygens (including phenoxy) is 2. The van der Waals surface area contributed by atoms with E-state index in [0.717, 1.165) is 25.7 Å². The van der Waals surface area contributed by atoms with Crippen molar-refractivity contribution >= 4 is 61.9 Å². The Labute approximate surface area is 270 Å². The summed E-state index contributed by atoms with van der Waals surface area (Å²) in [4.78, 5) is 58.1. The first-order chi connectivity index (χ1) is 21.5. The molecule has 0 unspecified atom stereocenters. The molecule has 0 aliphatic carbocycles. The summed E-state index contributed by atoms with van der Waals surface area (Å²) in [6.07, 6.45) is -0.192. The van der Waals surface area contributed by atoms with Crippen LogP contribution in [0.4, 0.5) is 16.2 Å². The number of hydrogen-bond donors (Lipinski definition) is 2. The van der Waals surface area contributed by atoms with Crippen LogP contribution in [-0.4, -0.2) is 79.3 Å². The summed E-state index contributed by atoms with van der Waals surface area (Å²) in [6.45, 7) is 4.19. The molecule has 1 fully saturated rings. The van der Waals surface area contributed by atoms with Crippen LogP contribution in [0.2, 0.25) is 0 Å². The van der Waals surface area contributed by atoms with E-state index in [1.807, 2.05) is 42.5 Å². The van der Waals surface area contributed by atoms with Crippen LogP contribution in [0.15, 0.2) is 59.1 Å². The van der Waals surface area contributed by atoms with Crippen molar-refractivity contribution in [1.82, 2.24) is 10.2 Å². The van der Waals surface area contributed by atoms with Crippen LogP contribution in [0.25, 0.3) is 10.8 Å². The lowest BCUT2D eigenvalue weighted by molar-refractivity contribution is -0.131. The van der Waals surface area contributed by atoms with Crippen LogP contribution in [-0.2, 0) is 25.7 Å². The van der Waals surface area contributed by atoms with Gasteiger partial charge in [0.25, 0.3) is 5.91 Å². The predicted molar refractivity (Wildman–Crippen MR) is 174 cm³/mol. The Balaban J connectivity index is 1.64. The second kappa shape index (κ2) is 13.5. The van der Waals surface area contributed by atoms with Gasteiger partial charge in [-0.3, -0.25) is 19.3 Å². The topological polar surface area (TPSA) is 129 Å². The Hall–Kier alpha value is -4.16. The molecule has 0 saturated carbocycles. The quantitative estimate of drug-likeness (QED) is 0.367. The van der Waals surface area contributed by atoms with E-state index in [1.54, 1.807) is 36.0 Å². The molecule has 0 aromatic heterocycles. The molecule has 0 radical (unpaired) electrons. The van der Waals surface area contributed by atoms with Crippen LogP contribution in [0.3, 0.4) is 0 Å². The van der Waals surface area contributed by atoms with E-state index < -0.39 is 36.0 Å². The molecular formula is C33H37BrN4O7. The van der Waals surface area contributed by atoms with E-state index in [-0.39, 0.29) is 18.4 Å². The van der Waals surface area contributed by atoms with E-state index in [1.165, 1.54) is 14.0 Å². The van der Waals surface area contributed by atoms with Gasteiger partial charge in [-0.2, -0.15) is 0 Å². The van der Waals surface area contributed by atoms with Gasteiger partial charge in [0.1, 0.15) is 17.8 Å². The van der Waals surface area contributed by atoms with Gasteiger partial charge in [0.05, 0.1) is 31.1 Å². The lowest BCUT2D eigenvalue weighted by Gasteiger charge is -2.36. The monoisotopic (exact) mass is 680 g/mol. The molecule has 5 rings (SSSR count). The molecule has 3 aromatic rings. The summed E-state index contributed by atoms with van der Waals surface area (Å²) in [5.74, 6) is -0.981. The van der Waals surface area contributed by atoms with Gasteiger partial charge in [-0.1, -0.05) is 40.2 Å². The molecule has 12 heteroatoms. The minimum absolute atomic E-state index is 0.0843. The predicted octanol–water partition coefficient (Wildman–Crippen LogP) is 4.79. The van der Waals surface area contributed by atoms with E-state index in [9.17, 15) is 24.3 Å². The van der Waals surface area contributed by atoms with Crippen LogP contribution in [0.1, 0.15) is 32.3 Å². The van der Waals surface area contributed by atoms with Crippen molar-refractivity contribution in [3.05, 3.63) is 64.6 Å². The number of carboxylic acid groups (broad SMARTS) is 1. The summed E-state index contributed by atoms with van der Waals surface area (Å²) >= 11 is 3.53. The van der Waals surface area contributed by atoms with Crippen LogP contribution in [0, 0.1) is 5.92 Å². The number of hydrogen-bond acceptors (Lipinski definition) is 6. The van der Waals surface area contributed by atoms with Crippen LogP contribution in [0.5, 0.6) is 5.75 Å². The number of carbonyl (C=O) groups is 4. The molecule has 0 spiro atoms. The zero-order valence-corrected chi connectivity index (χ0v) is 27.2. The van der Waals surface area contributed by atoms with Gasteiger partial charge < -0.3 is 29.7 Å². The minimum Gasteiger partial charge on any atom is -0.496 e. The number of amides is 4. The van der Waals surface area contributed by atoms with Gasteiger partial charge >= 0.3 is 6.09 Å². The van der Waals surface area contributed by atoms with Crippen molar-refractivity contribution in [3.63, 3.8) is 0 Å². The first kappa shape index (κ1) is 32.2. The third kappa shape index (κ3) is 6.34. The number of likely N-dealkylation sites (N-methyl/N-ethyl adjacent to an activating group) is 1. The smallest absolute Gasteiger partial charge is 0.407 e. The third-order valence-corrected chi connectivity index (χ3v) is 9.30. The second-order valence-electron chi connectivity index (χ2n) is 11.4. The fourth-order valence-electron chi connectivity index (χ4n) is 6.04. The summed E-state index contributed by atoms with van der Waals surface area (Å²) < 4.78 is 12.2. The average molecular weight is 682 g/mol. The second-order valence-corrected chi connectivity index (χ2v) is 12.3.